The molecule has 0 spiro atoms. The van der Waals surface area contributed by atoms with Gasteiger partial charge in [-0.15, -0.1) is 11.6 Å². The first-order chi connectivity index (χ1) is 8.69. The van der Waals surface area contributed by atoms with Crippen LogP contribution in [-0.4, -0.2) is 23.7 Å². The Bertz CT molecular complexity index is 423. The van der Waals surface area contributed by atoms with Gasteiger partial charge in [0.1, 0.15) is 5.75 Å². The normalized spacial score (nSPS) is 10.1. The number of benzene rings is 1. The topological polar surface area (TPSA) is 69.4 Å². The maximum atomic E-state index is 10.7. The average molecular weight is 272 g/mol. The van der Waals surface area contributed by atoms with Crippen molar-refractivity contribution in [3.8, 4) is 5.75 Å². The summed E-state index contributed by atoms with van der Waals surface area (Å²) >= 11 is 5.54. The minimum atomic E-state index is -0.589. The Morgan fingerprint density at radius 2 is 2.11 bits per heavy atom. The number of carbonyl (C=O) groups is 1. The molecule has 0 aliphatic carbocycles. The lowest BCUT2D eigenvalue weighted by atomic mass is 10.2. The van der Waals surface area contributed by atoms with E-state index in [1.54, 1.807) is 0 Å². The monoisotopic (exact) mass is 271 g/mol. The molecule has 6 heteroatoms. The van der Waals surface area contributed by atoms with Crippen molar-refractivity contribution in [1.29, 1.82) is 0 Å². The maximum Gasteiger partial charge on any atom is 0.280 e. The van der Waals surface area contributed by atoms with Crippen LogP contribution in [0, 0.1) is 10.1 Å². The highest BCUT2D eigenvalue weighted by Crippen LogP contribution is 2.22. The summed E-state index contributed by atoms with van der Waals surface area (Å²) in [6, 6.07) is 4.15. The Morgan fingerprint density at radius 1 is 1.33 bits per heavy atom. The van der Waals surface area contributed by atoms with Crippen LogP contribution in [0.4, 0.5) is 5.69 Å². The molecule has 0 aliphatic heterocycles. The molecule has 0 heterocycles. The Labute approximate surface area is 110 Å². The SMILES string of the molecule is O=Cc1cc(OCCCCCCl)ccc1[N+](=O)[O-]. The van der Waals surface area contributed by atoms with Crippen molar-refractivity contribution in [2.75, 3.05) is 12.5 Å². The van der Waals surface area contributed by atoms with Crippen molar-refractivity contribution < 1.29 is 14.5 Å². The van der Waals surface area contributed by atoms with Crippen molar-refractivity contribution in [3.63, 3.8) is 0 Å². The summed E-state index contributed by atoms with van der Waals surface area (Å²) in [6.07, 6.45) is 3.22. The minimum Gasteiger partial charge on any atom is -0.494 e. The molecule has 0 aliphatic rings. The van der Waals surface area contributed by atoms with Crippen LogP contribution < -0.4 is 4.74 Å². The zero-order chi connectivity index (χ0) is 13.4. The molecule has 0 saturated heterocycles. The van der Waals surface area contributed by atoms with E-state index in [9.17, 15) is 14.9 Å². The first kappa shape index (κ1) is 14.4. The van der Waals surface area contributed by atoms with E-state index in [0.29, 0.717) is 24.5 Å². The van der Waals surface area contributed by atoms with Gasteiger partial charge in [-0.05, 0) is 31.4 Å². The zero-order valence-electron chi connectivity index (χ0n) is 9.80. The number of hydrogen-bond acceptors (Lipinski definition) is 4. The number of halogens is 1. The van der Waals surface area contributed by atoms with Gasteiger partial charge in [0.15, 0.2) is 6.29 Å². The fourth-order valence-corrected chi connectivity index (χ4v) is 1.64. The molecule has 0 N–H and O–H groups in total. The molecular weight excluding hydrogens is 258 g/mol. The number of carbonyl (C=O) groups excluding carboxylic acids is 1. The Morgan fingerprint density at radius 3 is 2.72 bits per heavy atom. The molecule has 1 aromatic carbocycles. The summed E-state index contributed by atoms with van der Waals surface area (Å²) in [5.74, 6) is 1.10. The largest absolute Gasteiger partial charge is 0.494 e. The molecule has 0 amide bonds. The molecule has 0 atom stereocenters. The molecule has 1 aromatic rings. The molecule has 0 bridgehead atoms. The van der Waals surface area contributed by atoms with Crippen LogP contribution in [0.1, 0.15) is 29.6 Å². The predicted molar refractivity (Wildman–Crippen MR) is 68.5 cm³/mol. The van der Waals surface area contributed by atoms with E-state index >= 15 is 0 Å². The van der Waals surface area contributed by atoms with E-state index in [2.05, 4.69) is 0 Å². The zero-order valence-corrected chi connectivity index (χ0v) is 10.6. The van der Waals surface area contributed by atoms with E-state index in [1.807, 2.05) is 0 Å². The summed E-state index contributed by atoms with van der Waals surface area (Å²) in [7, 11) is 0. The Balaban J connectivity index is 2.57. The fraction of sp³-hybridized carbons (Fsp3) is 0.417. The second-order valence-electron chi connectivity index (χ2n) is 3.69. The highest BCUT2D eigenvalue weighted by Gasteiger charge is 2.13. The van der Waals surface area contributed by atoms with Crippen molar-refractivity contribution >= 4 is 23.6 Å². The number of hydrogen-bond donors (Lipinski definition) is 0. The van der Waals surface area contributed by atoms with Crippen LogP contribution in [0.3, 0.4) is 0 Å². The molecule has 5 nitrogen and oxygen atoms in total. The van der Waals surface area contributed by atoms with Crippen LogP contribution in [0.25, 0.3) is 0 Å². The average Bonchev–Trinajstić information content (AvgIpc) is 2.38. The molecular formula is C12H14ClNO4. The van der Waals surface area contributed by atoms with E-state index in [4.69, 9.17) is 16.3 Å². The quantitative estimate of drug-likeness (QED) is 0.239. The number of nitrogens with zero attached hydrogens (tertiary/aromatic N) is 1. The van der Waals surface area contributed by atoms with Gasteiger partial charge in [-0.3, -0.25) is 14.9 Å². The summed E-state index contributed by atoms with van der Waals surface area (Å²) in [5.41, 5.74) is -0.183. The van der Waals surface area contributed by atoms with E-state index in [1.165, 1.54) is 18.2 Å². The van der Waals surface area contributed by atoms with Gasteiger partial charge in [-0.2, -0.15) is 0 Å². The highest BCUT2D eigenvalue weighted by molar-refractivity contribution is 6.17. The second kappa shape index (κ2) is 7.66. The van der Waals surface area contributed by atoms with Crippen LogP contribution in [0.5, 0.6) is 5.75 Å². The number of unbranched alkanes of at least 4 members (excludes halogenated alkanes) is 2. The van der Waals surface area contributed by atoms with Crippen LogP contribution >= 0.6 is 11.6 Å². The predicted octanol–water partition coefficient (Wildman–Crippen LogP) is 3.20. The van der Waals surface area contributed by atoms with Gasteiger partial charge in [-0.25, -0.2) is 0 Å². The molecule has 1 rings (SSSR count). The fourth-order valence-electron chi connectivity index (χ4n) is 1.45. The van der Waals surface area contributed by atoms with Crippen LogP contribution in [0.15, 0.2) is 18.2 Å². The lowest BCUT2D eigenvalue weighted by Crippen LogP contribution is -2.00. The first-order valence-corrected chi connectivity index (χ1v) is 6.15. The van der Waals surface area contributed by atoms with Gasteiger partial charge in [0.2, 0.25) is 0 Å². The third kappa shape index (κ3) is 4.33. The summed E-state index contributed by atoms with van der Waals surface area (Å²) < 4.78 is 5.41. The lowest BCUT2D eigenvalue weighted by molar-refractivity contribution is -0.385. The number of rotatable bonds is 8. The summed E-state index contributed by atoms with van der Waals surface area (Å²) in [5, 5.41) is 10.6. The van der Waals surface area contributed by atoms with E-state index in [-0.39, 0.29) is 11.3 Å². The molecule has 0 saturated carbocycles. The summed E-state index contributed by atoms with van der Waals surface area (Å²) in [4.78, 5) is 20.8. The molecule has 0 unspecified atom stereocenters. The van der Waals surface area contributed by atoms with Crippen LogP contribution in [0.2, 0.25) is 0 Å². The molecule has 0 fully saturated rings. The van der Waals surface area contributed by atoms with Crippen molar-refractivity contribution in [2.24, 2.45) is 0 Å². The maximum absolute atomic E-state index is 10.7. The summed E-state index contributed by atoms with van der Waals surface area (Å²) in [6.45, 7) is 0.507. The van der Waals surface area contributed by atoms with Crippen molar-refractivity contribution in [3.05, 3.63) is 33.9 Å². The van der Waals surface area contributed by atoms with Gasteiger partial charge in [0, 0.05) is 11.9 Å². The standard InChI is InChI=1S/C12H14ClNO4/c13-6-2-1-3-7-18-11-4-5-12(14(16)17)10(8-11)9-15/h4-5,8-9H,1-3,6-7H2. The van der Waals surface area contributed by atoms with Gasteiger partial charge in [0.05, 0.1) is 17.1 Å². The van der Waals surface area contributed by atoms with Crippen molar-refractivity contribution in [2.45, 2.75) is 19.3 Å². The van der Waals surface area contributed by atoms with E-state index < -0.39 is 4.92 Å². The third-order valence-electron chi connectivity index (χ3n) is 2.37. The van der Waals surface area contributed by atoms with Gasteiger partial charge < -0.3 is 4.74 Å². The van der Waals surface area contributed by atoms with Gasteiger partial charge >= 0.3 is 0 Å². The number of alkyl halides is 1. The highest BCUT2D eigenvalue weighted by atomic mass is 35.5. The first-order valence-electron chi connectivity index (χ1n) is 5.61. The van der Waals surface area contributed by atoms with Gasteiger partial charge in [0.25, 0.3) is 5.69 Å². The minimum absolute atomic E-state index is 0.0262. The molecule has 18 heavy (non-hydrogen) atoms. The van der Waals surface area contributed by atoms with E-state index in [0.717, 1.165) is 19.3 Å². The Hall–Kier alpha value is -1.62. The van der Waals surface area contributed by atoms with Crippen LogP contribution in [-0.2, 0) is 0 Å². The number of aldehydes is 1. The lowest BCUT2D eigenvalue weighted by Gasteiger charge is -2.06. The number of nitro groups is 1. The smallest absolute Gasteiger partial charge is 0.280 e. The number of ether oxygens (including phenoxy) is 1. The second-order valence-corrected chi connectivity index (χ2v) is 4.07. The molecule has 98 valence electrons. The molecule has 0 aromatic heterocycles. The van der Waals surface area contributed by atoms with Crippen molar-refractivity contribution in [1.82, 2.24) is 0 Å². The number of nitro benzene ring substituents is 1. The third-order valence-corrected chi connectivity index (χ3v) is 2.64. The molecule has 0 radical (unpaired) electrons. The Kier molecular flexibility index (Phi) is 6.14. The van der Waals surface area contributed by atoms with Gasteiger partial charge in [-0.1, -0.05) is 0 Å².